The smallest absolute Gasteiger partial charge is 0.161 e. The first-order chi connectivity index (χ1) is 10.4. The number of anilines is 1. The van der Waals surface area contributed by atoms with Gasteiger partial charge in [0, 0.05) is 24.6 Å². The van der Waals surface area contributed by atoms with E-state index in [1.807, 2.05) is 24.3 Å². The van der Waals surface area contributed by atoms with Crippen LogP contribution in [0.3, 0.4) is 0 Å². The van der Waals surface area contributed by atoms with Gasteiger partial charge >= 0.3 is 0 Å². The summed E-state index contributed by atoms with van der Waals surface area (Å²) in [5.74, 6) is 2.43. The minimum Gasteiger partial charge on any atom is -0.490 e. The fraction of sp³-hybridized carbons (Fsp3) is 0.375. The van der Waals surface area contributed by atoms with Crippen LogP contribution in [0.4, 0.5) is 5.82 Å². The van der Waals surface area contributed by atoms with Gasteiger partial charge in [0.25, 0.3) is 0 Å². The van der Waals surface area contributed by atoms with Crippen molar-refractivity contribution in [2.75, 3.05) is 25.1 Å². The zero-order valence-corrected chi connectivity index (χ0v) is 12.1. The molecular weight excluding hydrogens is 266 g/mol. The molecule has 2 heterocycles. The van der Waals surface area contributed by atoms with Crippen molar-refractivity contribution in [2.24, 2.45) is 0 Å². The van der Waals surface area contributed by atoms with Crippen molar-refractivity contribution in [3.05, 3.63) is 30.6 Å². The van der Waals surface area contributed by atoms with E-state index in [9.17, 15) is 0 Å². The second-order valence-corrected chi connectivity index (χ2v) is 4.93. The van der Waals surface area contributed by atoms with E-state index in [4.69, 9.17) is 9.47 Å². The number of nitrogens with one attached hydrogen (secondary N) is 1. The number of hydrogen-bond acceptors (Lipinski definition) is 5. The fourth-order valence-corrected chi connectivity index (χ4v) is 2.19. The second kappa shape index (κ2) is 6.43. The summed E-state index contributed by atoms with van der Waals surface area (Å²) in [7, 11) is 0. The molecule has 1 N–H and O–H groups in total. The van der Waals surface area contributed by atoms with Gasteiger partial charge in [0.15, 0.2) is 11.5 Å². The average molecular weight is 285 g/mol. The zero-order valence-electron chi connectivity index (χ0n) is 12.1. The standard InChI is InChI=1S/C16H19N3O2/c1-2-6-17-16-10-13(18-11-19-16)12-4-5-14-15(9-12)21-8-3-7-20-14/h4-5,9-11H,2-3,6-8H2,1H3,(H,17,18,19). The molecule has 110 valence electrons. The molecule has 3 rings (SSSR count). The molecule has 0 saturated carbocycles. The van der Waals surface area contributed by atoms with E-state index < -0.39 is 0 Å². The van der Waals surface area contributed by atoms with Crippen LogP contribution in [0, 0.1) is 0 Å². The lowest BCUT2D eigenvalue weighted by Gasteiger charge is -2.10. The minimum atomic E-state index is 0.684. The summed E-state index contributed by atoms with van der Waals surface area (Å²) in [6.07, 6.45) is 3.54. The molecule has 1 aliphatic rings. The quantitative estimate of drug-likeness (QED) is 0.935. The van der Waals surface area contributed by atoms with E-state index in [1.165, 1.54) is 0 Å². The van der Waals surface area contributed by atoms with Crippen LogP contribution in [0.15, 0.2) is 30.6 Å². The van der Waals surface area contributed by atoms with Crippen molar-refractivity contribution in [3.63, 3.8) is 0 Å². The van der Waals surface area contributed by atoms with Gasteiger partial charge in [0.1, 0.15) is 12.1 Å². The summed E-state index contributed by atoms with van der Waals surface area (Å²) >= 11 is 0. The van der Waals surface area contributed by atoms with Gasteiger partial charge in [-0.05, 0) is 24.6 Å². The molecule has 21 heavy (non-hydrogen) atoms. The Morgan fingerprint density at radius 3 is 2.81 bits per heavy atom. The maximum atomic E-state index is 5.72. The topological polar surface area (TPSA) is 56.3 Å². The van der Waals surface area contributed by atoms with Crippen molar-refractivity contribution < 1.29 is 9.47 Å². The van der Waals surface area contributed by atoms with Crippen LogP contribution in [0.25, 0.3) is 11.3 Å². The van der Waals surface area contributed by atoms with Gasteiger partial charge < -0.3 is 14.8 Å². The van der Waals surface area contributed by atoms with Crippen LogP contribution in [0.2, 0.25) is 0 Å². The SMILES string of the molecule is CCCNc1cc(-c2ccc3c(c2)OCCCO3)ncn1. The highest BCUT2D eigenvalue weighted by molar-refractivity contribution is 5.66. The Morgan fingerprint density at radius 1 is 1.10 bits per heavy atom. The monoisotopic (exact) mass is 285 g/mol. The van der Waals surface area contributed by atoms with Gasteiger partial charge in [0.2, 0.25) is 0 Å². The lowest BCUT2D eigenvalue weighted by Crippen LogP contribution is -2.02. The summed E-state index contributed by atoms with van der Waals surface area (Å²) < 4.78 is 11.4. The van der Waals surface area contributed by atoms with Crippen LogP contribution in [0.1, 0.15) is 19.8 Å². The van der Waals surface area contributed by atoms with E-state index in [-0.39, 0.29) is 0 Å². The van der Waals surface area contributed by atoms with Crippen molar-refractivity contribution in [2.45, 2.75) is 19.8 Å². The van der Waals surface area contributed by atoms with E-state index in [2.05, 4.69) is 22.2 Å². The highest BCUT2D eigenvalue weighted by atomic mass is 16.5. The van der Waals surface area contributed by atoms with Crippen LogP contribution < -0.4 is 14.8 Å². The van der Waals surface area contributed by atoms with Crippen LogP contribution in [-0.4, -0.2) is 29.7 Å². The Morgan fingerprint density at radius 2 is 1.95 bits per heavy atom. The Balaban J connectivity index is 1.88. The summed E-state index contributed by atoms with van der Waals surface area (Å²) in [6, 6.07) is 7.87. The fourth-order valence-electron chi connectivity index (χ4n) is 2.19. The number of benzene rings is 1. The zero-order chi connectivity index (χ0) is 14.5. The molecule has 5 heteroatoms. The third-order valence-electron chi connectivity index (χ3n) is 3.27. The summed E-state index contributed by atoms with van der Waals surface area (Å²) in [4.78, 5) is 8.57. The number of ether oxygens (including phenoxy) is 2. The van der Waals surface area contributed by atoms with Crippen LogP contribution >= 0.6 is 0 Å². The van der Waals surface area contributed by atoms with Crippen LogP contribution in [-0.2, 0) is 0 Å². The number of nitrogens with zero attached hydrogens (tertiary/aromatic N) is 2. The molecular formula is C16H19N3O2. The van der Waals surface area contributed by atoms with E-state index >= 15 is 0 Å². The van der Waals surface area contributed by atoms with Crippen molar-refractivity contribution in [1.82, 2.24) is 9.97 Å². The molecule has 0 spiro atoms. The minimum absolute atomic E-state index is 0.684. The van der Waals surface area contributed by atoms with Crippen molar-refractivity contribution in [3.8, 4) is 22.8 Å². The number of rotatable bonds is 4. The Hall–Kier alpha value is -2.30. The highest BCUT2D eigenvalue weighted by Crippen LogP contribution is 2.33. The van der Waals surface area contributed by atoms with E-state index in [0.29, 0.717) is 13.2 Å². The van der Waals surface area contributed by atoms with Crippen molar-refractivity contribution in [1.29, 1.82) is 0 Å². The predicted molar refractivity (Wildman–Crippen MR) is 81.9 cm³/mol. The van der Waals surface area contributed by atoms with Gasteiger partial charge in [-0.3, -0.25) is 0 Å². The lowest BCUT2D eigenvalue weighted by atomic mass is 10.1. The Kier molecular flexibility index (Phi) is 4.19. The first kappa shape index (κ1) is 13.7. The first-order valence-corrected chi connectivity index (χ1v) is 7.33. The molecule has 1 aromatic carbocycles. The van der Waals surface area contributed by atoms with E-state index in [1.54, 1.807) is 6.33 Å². The molecule has 1 aliphatic heterocycles. The largest absolute Gasteiger partial charge is 0.490 e. The van der Waals surface area contributed by atoms with Crippen LogP contribution in [0.5, 0.6) is 11.5 Å². The van der Waals surface area contributed by atoms with Gasteiger partial charge in [0.05, 0.1) is 18.9 Å². The Labute approximate surface area is 124 Å². The lowest BCUT2D eigenvalue weighted by molar-refractivity contribution is 0.297. The average Bonchev–Trinajstić information content (AvgIpc) is 2.77. The summed E-state index contributed by atoms with van der Waals surface area (Å²) in [6.45, 7) is 4.41. The summed E-state index contributed by atoms with van der Waals surface area (Å²) in [5, 5.41) is 3.27. The normalized spacial score (nSPS) is 13.6. The highest BCUT2D eigenvalue weighted by Gasteiger charge is 2.12. The Bertz CT molecular complexity index is 616. The van der Waals surface area contributed by atoms with E-state index in [0.717, 1.165) is 48.0 Å². The molecule has 0 radical (unpaired) electrons. The molecule has 0 saturated heterocycles. The van der Waals surface area contributed by atoms with Gasteiger partial charge in [-0.2, -0.15) is 0 Å². The number of aromatic nitrogens is 2. The number of hydrogen-bond donors (Lipinski definition) is 1. The predicted octanol–water partition coefficient (Wildman–Crippen LogP) is 3.13. The maximum Gasteiger partial charge on any atom is 0.161 e. The molecule has 0 bridgehead atoms. The second-order valence-electron chi connectivity index (χ2n) is 4.93. The third-order valence-corrected chi connectivity index (χ3v) is 3.27. The maximum absolute atomic E-state index is 5.72. The molecule has 1 aromatic heterocycles. The van der Waals surface area contributed by atoms with Crippen molar-refractivity contribution >= 4 is 5.82 Å². The van der Waals surface area contributed by atoms with Gasteiger partial charge in [-0.1, -0.05) is 6.92 Å². The molecule has 5 nitrogen and oxygen atoms in total. The van der Waals surface area contributed by atoms with Gasteiger partial charge in [-0.25, -0.2) is 9.97 Å². The molecule has 0 atom stereocenters. The third kappa shape index (κ3) is 3.24. The number of fused-ring (bicyclic) bond motifs is 1. The summed E-state index contributed by atoms with van der Waals surface area (Å²) in [5.41, 5.74) is 1.88. The molecule has 0 unspecified atom stereocenters. The molecule has 0 amide bonds. The molecule has 2 aromatic rings. The molecule has 0 aliphatic carbocycles. The molecule has 0 fully saturated rings. The first-order valence-electron chi connectivity index (χ1n) is 7.33. The van der Waals surface area contributed by atoms with Gasteiger partial charge in [-0.15, -0.1) is 0 Å².